The first-order valence-corrected chi connectivity index (χ1v) is 8.52. The van der Waals surface area contributed by atoms with Gasteiger partial charge in [0.25, 0.3) is 0 Å². The lowest BCUT2D eigenvalue weighted by molar-refractivity contribution is 0.682. The zero-order valence-corrected chi connectivity index (χ0v) is 13.5. The fraction of sp³-hybridized carbons (Fsp3) is 0.188. The van der Waals surface area contributed by atoms with Crippen LogP contribution in [0.15, 0.2) is 59.5 Å². The van der Waals surface area contributed by atoms with Gasteiger partial charge in [-0.25, -0.2) is 4.68 Å². The van der Waals surface area contributed by atoms with Gasteiger partial charge in [-0.15, -0.1) is 5.10 Å². The van der Waals surface area contributed by atoms with E-state index in [2.05, 4.69) is 20.8 Å². The predicted molar refractivity (Wildman–Crippen MR) is 89.1 cm³/mol. The van der Waals surface area contributed by atoms with Crippen LogP contribution >= 0.6 is 0 Å². The maximum Gasteiger partial charge on any atom is 0.170 e. The fourth-order valence-corrected chi connectivity index (χ4v) is 3.27. The SMILES string of the molecule is Cn1nnnc1CNc1cccc(C[S@@](=O)c2ccccc2)c1. The zero-order valence-electron chi connectivity index (χ0n) is 12.7. The molecule has 118 valence electrons. The Kier molecular flexibility index (Phi) is 4.77. The maximum absolute atomic E-state index is 12.4. The number of hydrogen-bond acceptors (Lipinski definition) is 5. The molecule has 0 aliphatic carbocycles. The molecule has 0 unspecified atom stereocenters. The lowest BCUT2D eigenvalue weighted by Gasteiger charge is -2.08. The number of benzene rings is 2. The van der Waals surface area contributed by atoms with Crippen LogP contribution in [0.1, 0.15) is 11.4 Å². The molecule has 23 heavy (non-hydrogen) atoms. The number of tetrazole rings is 1. The van der Waals surface area contributed by atoms with Crippen molar-refractivity contribution in [3.63, 3.8) is 0 Å². The molecular weight excluding hydrogens is 310 g/mol. The minimum absolute atomic E-state index is 0.491. The molecule has 3 rings (SSSR count). The van der Waals surface area contributed by atoms with Gasteiger partial charge in [-0.1, -0.05) is 30.3 Å². The molecule has 1 atom stereocenters. The van der Waals surface area contributed by atoms with Gasteiger partial charge < -0.3 is 5.32 Å². The van der Waals surface area contributed by atoms with Gasteiger partial charge in [-0.3, -0.25) is 4.21 Å². The molecule has 0 radical (unpaired) electrons. The Bertz CT molecular complexity index is 803. The second-order valence-electron chi connectivity index (χ2n) is 5.08. The number of aromatic nitrogens is 4. The fourth-order valence-electron chi connectivity index (χ4n) is 2.16. The summed E-state index contributed by atoms with van der Waals surface area (Å²) >= 11 is 0. The van der Waals surface area contributed by atoms with E-state index in [9.17, 15) is 4.21 Å². The van der Waals surface area contributed by atoms with E-state index >= 15 is 0 Å². The largest absolute Gasteiger partial charge is 0.378 e. The molecule has 0 fully saturated rings. The highest BCUT2D eigenvalue weighted by atomic mass is 32.2. The van der Waals surface area contributed by atoms with Gasteiger partial charge in [0.15, 0.2) is 5.82 Å². The third-order valence-corrected chi connectivity index (χ3v) is 4.78. The first-order valence-electron chi connectivity index (χ1n) is 7.20. The summed E-state index contributed by atoms with van der Waals surface area (Å²) in [7, 11) is 0.758. The normalized spacial score (nSPS) is 12.0. The Morgan fingerprint density at radius 3 is 2.70 bits per heavy atom. The second kappa shape index (κ2) is 7.15. The number of nitrogens with zero attached hydrogens (tertiary/aromatic N) is 4. The highest BCUT2D eigenvalue weighted by Gasteiger charge is 2.06. The Balaban J connectivity index is 1.65. The van der Waals surface area contributed by atoms with Crippen molar-refractivity contribution in [1.29, 1.82) is 0 Å². The molecule has 0 bridgehead atoms. The van der Waals surface area contributed by atoms with Crippen molar-refractivity contribution >= 4 is 16.5 Å². The molecule has 2 aromatic carbocycles. The highest BCUT2D eigenvalue weighted by Crippen LogP contribution is 2.16. The van der Waals surface area contributed by atoms with E-state index in [1.807, 2.05) is 54.6 Å². The van der Waals surface area contributed by atoms with Gasteiger partial charge in [0.2, 0.25) is 0 Å². The van der Waals surface area contributed by atoms with Crippen molar-refractivity contribution in [3.8, 4) is 0 Å². The number of nitrogens with one attached hydrogen (secondary N) is 1. The lowest BCUT2D eigenvalue weighted by atomic mass is 10.2. The van der Waals surface area contributed by atoms with Crippen molar-refractivity contribution < 1.29 is 4.21 Å². The summed E-state index contributed by atoms with van der Waals surface area (Å²) in [5.74, 6) is 1.24. The average molecular weight is 327 g/mol. The van der Waals surface area contributed by atoms with Crippen molar-refractivity contribution in [2.45, 2.75) is 17.2 Å². The molecule has 3 aromatic rings. The van der Waals surface area contributed by atoms with Crippen LogP contribution in [-0.4, -0.2) is 24.4 Å². The van der Waals surface area contributed by atoms with Gasteiger partial charge in [-0.05, 0) is 40.3 Å². The van der Waals surface area contributed by atoms with Crippen LogP contribution in [0.5, 0.6) is 0 Å². The van der Waals surface area contributed by atoms with E-state index < -0.39 is 10.8 Å². The predicted octanol–water partition coefficient (Wildman–Crippen LogP) is 2.13. The third-order valence-electron chi connectivity index (χ3n) is 3.39. The van der Waals surface area contributed by atoms with Crippen LogP contribution in [-0.2, 0) is 30.1 Å². The minimum Gasteiger partial charge on any atom is -0.378 e. The molecule has 6 nitrogen and oxygen atoms in total. The van der Waals surface area contributed by atoms with Crippen LogP contribution < -0.4 is 5.32 Å². The molecular formula is C16H17N5OS. The van der Waals surface area contributed by atoms with Crippen LogP contribution in [0.25, 0.3) is 0 Å². The maximum atomic E-state index is 12.4. The highest BCUT2D eigenvalue weighted by molar-refractivity contribution is 7.84. The van der Waals surface area contributed by atoms with E-state index in [-0.39, 0.29) is 0 Å². The smallest absolute Gasteiger partial charge is 0.170 e. The summed E-state index contributed by atoms with van der Waals surface area (Å²) in [6, 6.07) is 17.4. The van der Waals surface area contributed by atoms with Gasteiger partial charge in [0, 0.05) is 17.6 Å². The van der Waals surface area contributed by atoms with Crippen LogP contribution in [0.3, 0.4) is 0 Å². The molecule has 0 saturated carbocycles. The molecule has 1 N–H and O–H groups in total. The van der Waals surface area contributed by atoms with Crippen LogP contribution in [0.4, 0.5) is 5.69 Å². The van der Waals surface area contributed by atoms with Crippen molar-refractivity contribution in [2.24, 2.45) is 7.05 Å². The van der Waals surface area contributed by atoms with Crippen LogP contribution in [0.2, 0.25) is 0 Å². The van der Waals surface area contributed by atoms with E-state index in [0.29, 0.717) is 12.3 Å². The molecule has 7 heteroatoms. The van der Waals surface area contributed by atoms with E-state index in [4.69, 9.17) is 0 Å². The first-order chi connectivity index (χ1) is 11.2. The topological polar surface area (TPSA) is 72.7 Å². The van der Waals surface area contributed by atoms with Crippen molar-refractivity contribution in [2.75, 3.05) is 5.32 Å². The standard InChI is InChI=1S/C16H17N5OS/c1-21-16(18-19-20-21)11-17-14-7-5-6-13(10-14)12-23(22)15-8-3-2-4-9-15/h2-10,17H,11-12H2,1H3/t23-/m1/s1. The molecule has 1 heterocycles. The first kappa shape index (κ1) is 15.4. The van der Waals surface area contributed by atoms with Gasteiger partial charge in [-0.2, -0.15) is 0 Å². The Labute approximate surface area is 137 Å². The second-order valence-corrected chi connectivity index (χ2v) is 6.53. The average Bonchev–Trinajstić information content (AvgIpc) is 2.99. The molecule has 0 spiro atoms. The summed E-state index contributed by atoms with van der Waals surface area (Å²) in [6.07, 6.45) is 0. The van der Waals surface area contributed by atoms with E-state index in [0.717, 1.165) is 22.0 Å². The van der Waals surface area contributed by atoms with Crippen molar-refractivity contribution in [3.05, 3.63) is 66.0 Å². The Morgan fingerprint density at radius 2 is 1.96 bits per heavy atom. The summed E-state index contributed by atoms with van der Waals surface area (Å²) in [4.78, 5) is 0.844. The molecule has 0 aliphatic rings. The zero-order chi connectivity index (χ0) is 16.1. The lowest BCUT2D eigenvalue weighted by Crippen LogP contribution is -2.07. The minimum atomic E-state index is -1.04. The molecule has 0 aliphatic heterocycles. The van der Waals surface area contributed by atoms with E-state index in [1.54, 1.807) is 11.7 Å². The Hall–Kier alpha value is -2.54. The van der Waals surface area contributed by atoms with Gasteiger partial charge >= 0.3 is 0 Å². The van der Waals surface area contributed by atoms with Gasteiger partial charge in [0.1, 0.15) is 0 Å². The molecule has 1 aromatic heterocycles. The number of aryl methyl sites for hydroxylation is 1. The molecule has 0 amide bonds. The molecule has 0 saturated heterocycles. The summed E-state index contributed by atoms with van der Waals surface area (Å²) in [5.41, 5.74) is 1.98. The number of anilines is 1. The van der Waals surface area contributed by atoms with Gasteiger partial charge in [0.05, 0.1) is 23.1 Å². The quantitative estimate of drug-likeness (QED) is 0.751. The Morgan fingerprint density at radius 1 is 1.13 bits per heavy atom. The third kappa shape index (κ3) is 4.01. The summed E-state index contributed by atoms with van der Waals surface area (Å²) < 4.78 is 14.0. The number of hydrogen-bond donors (Lipinski definition) is 1. The van der Waals surface area contributed by atoms with E-state index in [1.165, 1.54) is 0 Å². The monoisotopic (exact) mass is 327 g/mol. The van der Waals surface area contributed by atoms with Crippen LogP contribution in [0, 0.1) is 0 Å². The van der Waals surface area contributed by atoms with Crippen molar-refractivity contribution in [1.82, 2.24) is 20.2 Å². The summed E-state index contributed by atoms with van der Waals surface area (Å²) in [5, 5.41) is 14.6. The number of rotatable bonds is 6. The summed E-state index contributed by atoms with van der Waals surface area (Å²) in [6.45, 7) is 0.536.